The van der Waals surface area contributed by atoms with Crippen LogP contribution >= 0.6 is 11.8 Å². The predicted molar refractivity (Wildman–Crippen MR) is 73.1 cm³/mol. The fourth-order valence-electron chi connectivity index (χ4n) is 2.94. The molecule has 98 valence electrons. The third-order valence-electron chi connectivity index (χ3n) is 4.10. The van der Waals surface area contributed by atoms with E-state index < -0.39 is 0 Å². The van der Waals surface area contributed by atoms with Crippen LogP contribution in [0.5, 0.6) is 0 Å². The van der Waals surface area contributed by atoms with E-state index in [2.05, 4.69) is 16.7 Å². The number of hydrogen-bond donors (Lipinski definition) is 1. The molecule has 2 fully saturated rings. The molecule has 3 nitrogen and oxygen atoms in total. The van der Waals surface area contributed by atoms with Gasteiger partial charge in [0, 0.05) is 36.1 Å². The third-order valence-corrected chi connectivity index (χ3v) is 5.64. The first-order chi connectivity index (χ1) is 8.17. The van der Waals surface area contributed by atoms with Crippen LogP contribution in [-0.4, -0.2) is 40.9 Å². The SMILES string of the molecule is CC(CN)C(=O)N1CCSC2(CCCCC2)C1. The highest BCUT2D eigenvalue weighted by Gasteiger charge is 2.39. The average Bonchev–Trinajstić information content (AvgIpc) is 2.38. The monoisotopic (exact) mass is 256 g/mol. The molecular formula is C13H24N2OS. The molecule has 0 aromatic heterocycles. The highest BCUT2D eigenvalue weighted by molar-refractivity contribution is 8.00. The molecule has 0 aromatic rings. The molecule has 0 bridgehead atoms. The minimum absolute atomic E-state index is 0.0151. The highest BCUT2D eigenvalue weighted by Crippen LogP contribution is 2.42. The van der Waals surface area contributed by atoms with Gasteiger partial charge >= 0.3 is 0 Å². The second kappa shape index (κ2) is 5.61. The molecule has 2 aliphatic rings. The van der Waals surface area contributed by atoms with E-state index in [0.717, 1.165) is 18.8 Å². The van der Waals surface area contributed by atoms with Crippen molar-refractivity contribution in [1.82, 2.24) is 4.90 Å². The number of amides is 1. The van der Waals surface area contributed by atoms with Crippen LogP contribution in [0.4, 0.5) is 0 Å². The summed E-state index contributed by atoms with van der Waals surface area (Å²) in [5.74, 6) is 1.35. The van der Waals surface area contributed by atoms with Gasteiger partial charge in [-0.3, -0.25) is 4.79 Å². The van der Waals surface area contributed by atoms with Crippen molar-refractivity contribution in [1.29, 1.82) is 0 Å². The maximum absolute atomic E-state index is 12.2. The van der Waals surface area contributed by atoms with Crippen molar-refractivity contribution in [3.63, 3.8) is 0 Å². The van der Waals surface area contributed by atoms with Crippen LogP contribution in [0.1, 0.15) is 39.0 Å². The number of nitrogens with zero attached hydrogens (tertiary/aromatic N) is 1. The van der Waals surface area contributed by atoms with E-state index in [1.165, 1.54) is 32.1 Å². The Balaban J connectivity index is 1.98. The van der Waals surface area contributed by atoms with Crippen LogP contribution in [0.3, 0.4) is 0 Å². The van der Waals surface area contributed by atoms with Crippen molar-refractivity contribution in [2.24, 2.45) is 11.7 Å². The quantitative estimate of drug-likeness (QED) is 0.820. The van der Waals surface area contributed by atoms with Gasteiger partial charge in [-0.1, -0.05) is 26.2 Å². The Morgan fingerprint density at radius 2 is 2.12 bits per heavy atom. The fraction of sp³-hybridized carbons (Fsp3) is 0.923. The number of hydrogen-bond acceptors (Lipinski definition) is 3. The minimum atomic E-state index is -0.0151. The smallest absolute Gasteiger partial charge is 0.226 e. The van der Waals surface area contributed by atoms with Crippen LogP contribution < -0.4 is 5.73 Å². The Morgan fingerprint density at radius 3 is 2.76 bits per heavy atom. The molecule has 1 saturated carbocycles. The van der Waals surface area contributed by atoms with Gasteiger partial charge in [-0.05, 0) is 12.8 Å². The number of carbonyl (C=O) groups excluding carboxylic acids is 1. The van der Waals surface area contributed by atoms with E-state index in [1.54, 1.807) is 0 Å². The molecule has 1 atom stereocenters. The lowest BCUT2D eigenvalue weighted by Crippen LogP contribution is -2.51. The normalized spacial score (nSPS) is 25.9. The van der Waals surface area contributed by atoms with Gasteiger partial charge in [-0.15, -0.1) is 0 Å². The lowest BCUT2D eigenvalue weighted by molar-refractivity contribution is -0.135. The zero-order chi connectivity index (χ0) is 12.3. The van der Waals surface area contributed by atoms with Gasteiger partial charge < -0.3 is 10.6 Å². The molecule has 0 aromatic carbocycles. The summed E-state index contributed by atoms with van der Waals surface area (Å²) >= 11 is 2.10. The van der Waals surface area contributed by atoms with Crippen LogP contribution in [0, 0.1) is 5.92 Å². The summed E-state index contributed by atoms with van der Waals surface area (Å²) in [6.45, 7) is 4.28. The van der Waals surface area contributed by atoms with Gasteiger partial charge in [-0.2, -0.15) is 11.8 Å². The van der Waals surface area contributed by atoms with Crippen molar-refractivity contribution in [3.05, 3.63) is 0 Å². The molecule has 1 saturated heterocycles. The van der Waals surface area contributed by atoms with E-state index in [4.69, 9.17) is 5.73 Å². The van der Waals surface area contributed by atoms with Gasteiger partial charge in [0.05, 0.1) is 0 Å². The summed E-state index contributed by atoms with van der Waals surface area (Å²) in [7, 11) is 0. The van der Waals surface area contributed by atoms with E-state index in [9.17, 15) is 4.79 Å². The van der Waals surface area contributed by atoms with Gasteiger partial charge in [0.1, 0.15) is 0 Å². The lowest BCUT2D eigenvalue weighted by Gasteiger charge is -2.45. The second-order valence-electron chi connectivity index (χ2n) is 5.49. The molecule has 1 amide bonds. The Labute approximate surface area is 108 Å². The fourth-order valence-corrected chi connectivity index (χ4v) is 4.51. The number of carbonyl (C=O) groups is 1. The van der Waals surface area contributed by atoms with Crippen molar-refractivity contribution >= 4 is 17.7 Å². The van der Waals surface area contributed by atoms with E-state index >= 15 is 0 Å². The molecular weight excluding hydrogens is 232 g/mol. The van der Waals surface area contributed by atoms with Crippen LogP contribution in [0.2, 0.25) is 0 Å². The van der Waals surface area contributed by atoms with Gasteiger partial charge in [-0.25, -0.2) is 0 Å². The van der Waals surface area contributed by atoms with E-state index in [-0.39, 0.29) is 11.8 Å². The standard InChI is InChI=1S/C13H24N2OS/c1-11(9-14)12(16)15-7-8-17-13(10-15)5-3-2-4-6-13/h11H,2-10,14H2,1H3. The number of rotatable bonds is 2. The van der Waals surface area contributed by atoms with Gasteiger partial charge in [0.25, 0.3) is 0 Å². The molecule has 1 aliphatic carbocycles. The summed E-state index contributed by atoms with van der Waals surface area (Å²) in [5, 5.41) is 0. The van der Waals surface area contributed by atoms with Crippen molar-refractivity contribution < 1.29 is 4.79 Å². The van der Waals surface area contributed by atoms with Crippen molar-refractivity contribution in [3.8, 4) is 0 Å². The molecule has 1 unspecified atom stereocenters. The second-order valence-corrected chi connectivity index (χ2v) is 7.05. The van der Waals surface area contributed by atoms with Gasteiger partial charge in [0.15, 0.2) is 0 Å². The first kappa shape index (κ1) is 13.2. The first-order valence-corrected chi connectivity index (χ1v) is 7.78. The van der Waals surface area contributed by atoms with Crippen LogP contribution in [0.25, 0.3) is 0 Å². The van der Waals surface area contributed by atoms with Gasteiger partial charge in [0.2, 0.25) is 5.91 Å². The maximum Gasteiger partial charge on any atom is 0.226 e. The van der Waals surface area contributed by atoms with Crippen LogP contribution in [-0.2, 0) is 4.79 Å². The zero-order valence-electron chi connectivity index (χ0n) is 10.8. The minimum Gasteiger partial charge on any atom is -0.340 e. The topological polar surface area (TPSA) is 46.3 Å². The van der Waals surface area contributed by atoms with E-state index in [0.29, 0.717) is 11.3 Å². The maximum atomic E-state index is 12.2. The molecule has 2 rings (SSSR count). The summed E-state index contributed by atoms with van der Waals surface area (Å²) < 4.78 is 0.375. The number of thioether (sulfide) groups is 1. The average molecular weight is 256 g/mol. The largest absolute Gasteiger partial charge is 0.340 e. The molecule has 1 aliphatic heterocycles. The zero-order valence-corrected chi connectivity index (χ0v) is 11.6. The Morgan fingerprint density at radius 1 is 1.41 bits per heavy atom. The number of nitrogens with two attached hydrogens (primary N) is 1. The molecule has 4 heteroatoms. The third kappa shape index (κ3) is 2.97. The predicted octanol–water partition coefficient (Wildman–Crippen LogP) is 1.86. The molecule has 17 heavy (non-hydrogen) atoms. The highest BCUT2D eigenvalue weighted by atomic mass is 32.2. The summed E-state index contributed by atoms with van der Waals surface area (Å²) in [5.41, 5.74) is 5.60. The van der Waals surface area contributed by atoms with Crippen molar-refractivity contribution in [2.45, 2.75) is 43.8 Å². The Hall–Kier alpha value is -0.220. The lowest BCUT2D eigenvalue weighted by atomic mass is 9.87. The Bertz CT molecular complexity index is 271. The van der Waals surface area contributed by atoms with Crippen molar-refractivity contribution in [2.75, 3.05) is 25.4 Å². The molecule has 0 radical (unpaired) electrons. The summed E-state index contributed by atoms with van der Waals surface area (Å²) in [6.07, 6.45) is 6.62. The molecule has 1 spiro atoms. The summed E-state index contributed by atoms with van der Waals surface area (Å²) in [4.78, 5) is 14.3. The Kier molecular flexibility index (Phi) is 4.36. The summed E-state index contributed by atoms with van der Waals surface area (Å²) in [6, 6.07) is 0. The first-order valence-electron chi connectivity index (χ1n) is 6.80. The van der Waals surface area contributed by atoms with E-state index in [1.807, 2.05) is 6.92 Å². The molecule has 1 heterocycles. The van der Waals surface area contributed by atoms with Crippen LogP contribution in [0.15, 0.2) is 0 Å². The molecule has 2 N–H and O–H groups in total.